The minimum atomic E-state index is -5.77. The molecule has 0 N–H and O–H groups in total. The second kappa shape index (κ2) is 6.37. The van der Waals surface area contributed by atoms with Crippen LogP contribution >= 0.6 is 0 Å². The SMILES string of the molecule is O=C(/C(=C/c1ccccc1)S(=O)(=O)C(F)(F)F)c1ccccc1. The van der Waals surface area contributed by atoms with Crippen LogP contribution in [0.2, 0.25) is 0 Å². The van der Waals surface area contributed by atoms with Gasteiger partial charge in [-0.1, -0.05) is 60.7 Å². The Kier molecular flexibility index (Phi) is 4.70. The minimum absolute atomic E-state index is 0.137. The summed E-state index contributed by atoms with van der Waals surface area (Å²) >= 11 is 0. The van der Waals surface area contributed by atoms with E-state index in [9.17, 15) is 26.4 Å². The van der Waals surface area contributed by atoms with Crippen molar-refractivity contribution in [3.63, 3.8) is 0 Å². The maximum absolute atomic E-state index is 12.9. The van der Waals surface area contributed by atoms with Crippen molar-refractivity contribution in [1.29, 1.82) is 0 Å². The highest BCUT2D eigenvalue weighted by Gasteiger charge is 2.50. The lowest BCUT2D eigenvalue weighted by molar-refractivity contribution is -0.0426. The van der Waals surface area contributed by atoms with Crippen LogP contribution in [0.4, 0.5) is 13.2 Å². The molecule has 23 heavy (non-hydrogen) atoms. The molecule has 0 fully saturated rings. The maximum atomic E-state index is 12.9. The Morgan fingerprint density at radius 1 is 0.870 bits per heavy atom. The van der Waals surface area contributed by atoms with E-state index in [0.717, 1.165) is 6.08 Å². The van der Waals surface area contributed by atoms with Crippen LogP contribution in [-0.2, 0) is 9.84 Å². The van der Waals surface area contributed by atoms with E-state index in [1.807, 2.05) is 0 Å². The van der Waals surface area contributed by atoms with Gasteiger partial charge in [0.2, 0.25) is 5.78 Å². The number of hydrogen-bond donors (Lipinski definition) is 0. The summed E-state index contributed by atoms with van der Waals surface area (Å²) in [6, 6.07) is 14.4. The number of allylic oxidation sites excluding steroid dienone is 1. The van der Waals surface area contributed by atoms with E-state index in [2.05, 4.69) is 0 Å². The zero-order valence-corrected chi connectivity index (χ0v) is 12.4. The molecular formula is C16H11F3O3S. The van der Waals surface area contributed by atoms with Gasteiger partial charge in [0.15, 0.2) is 0 Å². The van der Waals surface area contributed by atoms with Crippen molar-refractivity contribution in [3.05, 3.63) is 76.7 Å². The molecule has 0 unspecified atom stereocenters. The van der Waals surface area contributed by atoms with Gasteiger partial charge in [-0.25, -0.2) is 8.42 Å². The average molecular weight is 340 g/mol. The van der Waals surface area contributed by atoms with Crippen molar-refractivity contribution >= 4 is 21.7 Å². The Morgan fingerprint density at radius 3 is 1.83 bits per heavy atom. The Bertz CT molecular complexity index is 824. The summed E-state index contributed by atoms with van der Waals surface area (Å²) in [6.45, 7) is 0. The number of rotatable bonds is 4. The summed E-state index contributed by atoms with van der Waals surface area (Å²) < 4.78 is 62.2. The van der Waals surface area contributed by atoms with Crippen molar-refractivity contribution < 1.29 is 26.4 Å². The first kappa shape index (κ1) is 17.0. The highest BCUT2D eigenvalue weighted by atomic mass is 32.2. The normalized spacial score (nSPS) is 12.9. The van der Waals surface area contributed by atoms with Crippen LogP contribution in [0.5, 0.6) is 0 Å². The summed E-state index contributed by atoms with van der Waals surface area (Å²) in [7, 11) is -5.77. The summed E-state index contributed by atoms with van der Waals surface area (Å²) in [4.78, 5) is 11.0. The third kappa shape index (κ3) is 3.68. The molecule has 0 amide bonds. The highest BCUT2D eigenvalue weighted by molar-refractivity contribution is 7.97. The molecule has 0 atom stereocenters. The van der Waals surface area contributed by atoms with Crippen LogP contribution in [0, 0.1) is 0 Å². The molecular weight excluding hydrogens is 329 g/mol. The van der Waals surface area contributed by atoms with E-state index in [4.69, 9.17) is 0 Å². The summed E-state index contributed by atoms with van der Waals surface area (Å²) in [6.07, 6.45) is 0.734. The molecule has 0 spiro atoms. The number of alkyl halides is 3. The molecule has 120 valence electrons. The summed E-state index contributed by atoms with van der Waals surface area (Å²) in [5, 5.41) is 0. The lowest BCUT2D eigenvalue weighted by Crippen LogP contribution is -2.28. The van der Waals surface area contributed by atoms with Crippen molar-refractivity contribution in [2.45, 2.75) is 5.51 Å². The molecule has 0 aromatic heterocycles. The number of sulfone groups is 1. The molecule has 2 aromatic rings. The molecule has 3 nitrogen and oxygen atoms in total. The fraction of sp³-hybridized carbons (Fsp3) is 0.0625. The molecule has 0 bridgehead atoms. The Morgan fingerprint density at radius 2 is 1.35 bits per heavy atom. The van der Waals surface area contributed by atoms with Crippen LogP contribution in [0.25, 0.3) is 6.08 Å². The van der Waals surface area contributed by atoms with E-state index >= 15 is 0 Å². The van der Waals surface area contributed by atoms with Crippen molar-refractivity contribution in [2.75, 3.05) is 0 Å². The zero-order valence-electron chi connectivity index (χ0n) is 11.6. The number of benzene rings is 2. The first-order valence-corrected chi connectivity index (χ1v) is 7.89. The average Bonchev–Trinajstić information content (AvgIpc) is 2.52. The second-order valence-electron chi connectivity index (χ2n) is 4.56. The lowest BCUT2D eigenvalue weighted by atomic mass is 10.1. The van der Waals surface area contributed by atoms with Gasteiger partial charge in [0, 0.05) is 5.56 Å². The van der Waals surface area contributed by atoms with Crippen LogP contribution in [0.3, 0.4) is 0 Å². The van der Waals surface area contributed by atoms with Gasteiger partial charge in [0.1, 0.15) is 4.91 Å². The van der Waals surface area contributed by atoms with Gasteiger partial charge in [-0.05, 0) is 11.6 Å². The molecule has 0 heterocycles. The van der Waals surface area contributed by atoms with E-state index in [-0.39, 0.29) is 11.1 Å². The Labute approximate surface area is 131 Å². The Balaban J connectivity index is 2.62. The smallest absolute Gasteiger partial charge is 0.288 e. The van der Waals surface area contributed by atoms with Crippen LogP contribution < -0.4 is 0 Å². The Hall–Kier alpha value is -2.41. The van der Waals surface area contributed by atoms with Crippen LogP contribution in [-0.4, -0.2) is 19.7 Å². The molecule has 0 aliphatic heterocycles. The topological polar surface area (TPSA) is 51.2 Å². The van der Waals surface area contributed by atoms with Gasteiger partial charge >= 0.3 is 5.51 Å². The quantitative estimate of drug-likeness (QED) is 0.628. The third-order valence-corrected chi connectivity index (χ3v) is 4.44. The number of ketones is 1. The number of carbonyl (C=O) groups is 1. The first-order valence-electron chi connectivity index (χ1n) is 6.41. The molecule has 0 aliphatic carbocycles. The predicted molar refractivity (Wildman–Crippen MR) is 80.2 cm³/mol. The minimum Gasteiger partial charge on any atom is -0.288 e. The van der Waals surface area contributed by atoms with Gasteiger partial charge < -0.3 is 0 Å². The monoisotopic (exact) mass is 340 g/mol. The number of carbonyl (C=O) groups excluding carboxylic acids is 1. The van der Waals surface area contributed by atoms with Gasteiger partial charge in [-0.15, -0.1) is 0 Å². The molecule has 2 rings (SSSR count). The molecule has 0 saturated carbocycles. The van der Waals surface area contributed by atoms with E-state index in [1.165, 1.54) is 48.5 Å². The predicted octanol–water partition coefficient (Wildman–Crippen LogP) is 3.85. The van der Waals surface area contributed by atoms with Gasteiger partial charge in [0.25, 0.3) is 9.84 Å². The largest absolute Gasteiger partial charge is 0.502 e. The van der Waals surface area contributed by atoms with Crippen molar-refractivity contribution in [2.24, 2.45) is 0 Å². The molecule has 7 heteroatoms. The van der Waals surface area contributed by atoms with Gasteiger partial charge in [-0.3, -0.25) is 4.79 Å². The van der Waals surface area contributed by atoms with Crippen molar-refractivity contribution in [1.82, 2.24) is 0 Å². The molecule has 0 radical (unpaired) electrons. The number of hydrogen-bond acceptors (Lipinski definition) is 3. The third-order valence-electron chi connectivity index (χ3n) is 2.95. The second-order valence-corrected chi connectivity index (χ2v) is 6.47. The van der Waals surface area contributed by atoms with Crippen LogP contribution in [0.1, 0.15) is 15.9 Å². The van der Waals surface area contributed by atoms with E-state index in [1.54, 1.807) is 12.1 Å². The standard InChI is InChI=1S/C16H11F3O3S/c17-16(18,19)23(21,22)14(11-12-7-3-1-4-8-12)15(20)13-9-5-2-6-10-13/h1-11H/b14-11-. The maximum Gasteiger partial charge on any atom is 0.502 e. The molecule has 2 aromatic carbocycles. The lowest BCUT2D eigenvalue weighted by Gasteiger charge is -2.11. The first-order chi connectivity index (χ1) is 10.7. The fourth-order valence-electron chi connectivity index (χ4n) is 1.82. The summed E-state index contributed by atoms with van der Waals surface area (Å²) in [5.74, 6) is -1.20. The van der Waals surface area contributed by atoms with Gasteiger partial charge in [-0.2, -0.15) is 13.2 Å². The van der Waals surface area contributed by atoms with Crippen LogP contribution in [0.15, 0.2) is 65.6 Å². The summed E-state index contributed by atoms with van der Waals surface area (Å²) in [5.41, 5.74) is -5.51. The number of halogens is 3. The zero-order chi connectivity index (χ0) is 17.1. The molecule has 0 aliphatic rings. The van der Waals surface area contributed by atoms with Crippen molar-refractivity contribution in [3.8, 4) is 0 Å². The van der Waals surface area contributed by atoms with E-state index in [0.29, 0.717) is 0 Å². The van der Waals surface area contributed by atoms with E-state index < -0.39 is 26.0 Å². The highest BCUT2D eigenvalue weighted by Crippen LogP contribution is 2.32. The molecule has 0 saturated heterocycles. The van der Waals surface area contributed by atoms with Gasteiger partial charge in [0.05, 0.1) is 0 Å². The fourth-order valence-corrected chi connectivity index (χ4v) is 2.72. The number of Topliss-reactive ketones (excluding diaryl/α,β-unsaturated/α-hetero) is 1.